The summed E-state index contributed by atoms with van der Waals surface area (Å²) in [4.78, 5) is 24.2. The number of nitriles is 1. The standard InChI is InChI=1S/C17H19N3O2/c1-10-7-11(2)14-12(8-10)9-17(3,4)16(15(14)22)20-19-13(21)5-6-18/h7-8H,5,9H2,1-4H3,(H,19,21)/b20-16+. The van der Waals surface area contributed by atoms with Crippen LogP contribution in [0.5, 0.6) is 0 Å². The quantitative estimate of drug-likeness (QED) is 0.851. The van der Waals surface area contributed by atoms with E-state index in [4.69, 9.17) is 5.26 Å². The molecule has 5 heteroatoms. The van der Waals surface area contributed by atoms with Gasteiger partial charge in [0, 0.05) is 11.0 Å². The molecule has 1 aromatic carbocycles. The van der Waals surface area contributed by atoms with Gasteiger partial charge in [-0.3, -0.25) is 9.59 Å². The van der Waals surface area contributed by atoms with E-state index in [-0.39, 0.29) is 12.2 Å². The third-order valence-electron chi connectivity index (χ3n) is 3.81. The molecule has 0 aliphatic heterocycles. The molecule has 0 spiro atoms. The number of benzene rings is 1. The first-order valence-electron chi connectivity index (χ1n) is 7.15. The highest BCUT2D eigenvalue weighted by atomic mass is 16.2. The number of carbonyl (C=O) groups is 2. The first-order valence-corrected chi connectivity index (χ1v) is 7.15. The number of amides is 1. The molecule has 22 heavy (non-hydrogen) atoms. The van der Waals surface area contributed by atoms with Crippen LogP contribution in [0.4, 0.5) is 0 Å². The number of aryl methyl sites for hydroxylation is 2. The van der Waals surface area contributed by atoms with Gasteiger partial charge in [0.05, 0.1) is 6.07 Å². The molecule has 0 atom stereocenters. The first-order chi connectivity index (χ1) is 10.3. The monoisotopic (exact) mass is 297 g/mol. The molecular formula is C17H19N3O2. The maximum atomic E-state index is 12.8. The van der Waals surface area contributed by atoms with Gasteiger partial charge in [0.2, 0.25) is 5.78 Å². The minimum atomic E-state index is -0.509. The Labute approximate surface area is 130 Å². The lowest BCUT2D eigenvalue weighted by atomic mass is 9.71. The number of rotatable bonds is 2. The molecule has 1 aliphatic rings. The highest BCUT2D eigenvalue weighted by Crippen LogP contribution is 2.34. The van der Waals surface area contributed by atoms with Crippen LogP contribution in [-0.4, -0.2) is 17.4 Å². The second kappa shape index (κ2) is 5.72. The van der Waals surface area contributed by atoms with Crippen LogP contribution in [0.2, 0.25) is 0 Å². The molecule has 0 radical (unpaired) electrons. The number of Topliss-reactive ketones (excluding diaryl/α,β-unsaturated/α-hetero) is 1. The van der Waals surface area contributed by atoms with E-state index >= 15 is 0 Å². The van der Waals surface area contributed by atoms with Crippen molar-refractivity contribution in [2.24, 2.45) is 10.5 Å². The maximum Gasteiger partial charge on any atom is 0.254 e. The van der Waals surface area contributed by atoms with Crippen molar-refractivity contribution in [2.75, 3.05) is 0 Å². The molecule has 0 saturated carbocycles. The van der Waals surface area contributed by atoms with Crippen LogP contribution < -0.4 is 5.43 Å². The van der Waals surface area contributed by atoms with Gasteiger partial charge in [-0.1, -0.05) is 31.5 Å². The van der Waals surface area contributed by atoms with E-state index in [1.165, 1.54) is 0 Å². The van der Waals surface area contributed by atoms with E-state index in [2.05, 4.69) is 10.5 Å². The molecular weight excluding hydrogens is 278 g/mol. The van der Waals surface area contributed by atoms with Crippen LogP contribution in [0.25, 0.3) is 0 Å². The molecule has 5 nitrogen and oxygen atoms in total. The van der Waals surface area contributed by atoms with Gasteiger partial charge in [-0.05, 0) is 31.4 Å². The normalized spacial score (nSPS) is 17.8. The first kappa shape index (κ1) is 15.9. The minimum absolute atomic E-state index is 0.152. The van der Waals surface area contributed by atoms with Crippen LogP contribution >= 0.6 is 0 Å². The average Bonchev–Trinajstić information content (AvgIpc) is 2.36. The Morgan fingerprint density at radius 1 is 1.41 bits per heavy atom. The lowest BCUT2D eigenvalue weighted by Crippen LogP contribution is -2.41. The Kier molecular flexibility index (Phi) is 4.14. The lowest BCUT2D eigenvalue weighted by molar-refractivity contribution is -0.120. The summed E-state index contributed by atoms with van der Waals surface area (Å²) in [6, 6.07) is 5.76. The molecule has 1 N–H and O–H groups in total. The number of hydrogen-bond acceptors (Lipinski definition) is 4. The van der Waals surface area contributed by atoms with Crippen molar-refractivity contribution in [3.05, 3.63) is 34.4 Å². The number of nitrogens with one attached hydrogen (secondary N) is 1. The fourth-order valence-electron chi connectivity index (χ4n) is 2.94. The van der Waals surface area contributed by atoms with Crippen LogP contribution in [0, 0.1) is 30.6 Å². The molecule has 2 rings (SSSR count). The fraction of sp³-hybridized carbons (Fsp3) is 0.412. The minimum Gasteiger partial charge on any atom is -0.287 e. The molecule has 1 aliphatic carbocycles. The summed E-state index contributed by atoms with van der Waals surface area (Å²) < 4.78 is 0. The van der Waals surface area contributed by atoms with Crippen LogP contribution in [0.1, 0.15) is 47.3 Å². The molecule has 0 saturated heterocycles. The molecule has 0 fully saturated rings. The van der Waals surface area contributed by atoms with Gasteiger partial charge >= 0.3 is 0 Å². The van der Waals surface area contributed by atoms with E-state index < -0.39 is 11.3 Å². The van der Waals surface area contributed by atoms with Gasteiger partial charge in [-0.2, -0.15) is 10.4 Å². The Morgan fingerprint density at radius 2 is 2.09 bits per heavy atom. The molecule has 1 amide bonds. The van der Waals surface area contributed by atoms with Gasteiger partial charge in [0.1, 0.15) is 12.1 Å². The summed E-state index contributed by atoms with van der Waals surface area (Å²) in [6.45, 7) is 7.78. The Morgan fingerprint density at radius 3 is 2.73 bits per heavy atom. The predicted octanol–water partition coefficient (Wildman–Crippen LogP) is 2.45. The van der Waals surface area contributed by atoms with Crippen molar-refractivity contribution in [1.29, 1.82) is 5.26 Å². The number of ketones is 1. The van der Waals surface area contributed by atoms with Crippen molar-refractivity contribution >= 4 is 17.4 Å². The predicted molar refractivity (Wildman–Crippen MR) is 83.5 cm³/mol. The van der Waals surface area contributed by atoms with E-state index in [1.807, 2.05) is 39.8 Å². The van der Waals surface area contributed by atoms with Crippen molar-refractivity contribution in [3.63, 3.8) is 0 Å². The molecule has 0 unspecified atom stereocenters. The Hall–Kier alpha value is -2.48. The second-order valence-electron chi connectivity index (χ2n) is 6.34. The van der Waals surface area contributed by atoms with Crippen molar-refractivity contribution in [2.45, 2.75) is 40.5 Å². The summed E-state index contributed by atoms with van der Waals surface area (Å²) >= 11 is 0. The van der Waals surface area contributed by atoms with Gasteiger partial charge < -0.3 is 0 Å². The summed E-state index contributed by atoms with van der Waals surface area (Å²) in [5, 5.41) is 12.5. The van der Waals surface area contributed by atoms with Gasteiger partial charge in [-0.15, -0.1) is 0 Å². The van der Waals surface area contributed by atoms with E-state index in [0.717, 1.165) is 16.7 Å². The van der Waals surface area contributed by atoms with E-state index in [9.17, 15) is 9.59 Å². The van der Waals surface area contributed by atoms with Gasteiger partial charge in [0.25, 0.3) is 5.91 Å². The Bertz CT molecular complexity index is 724. The highest BCUT2D eigenvalue weighted by Gasteiger charge is 2.39. The molecule has 114 valence electrons. The van der Waals surface area contributed by atoms with Crippen LogP contribution in [0.15, 0.2) is 17.2 Å². The van der Waals surface area contributed by atoms with E-state index in [0.29, 0.717) is 17.7 Å². The number of hydrogen-bond donors (Lipinski definition) is 1. The smallest absolute Gasteiger partial charge is 0.254 e. The summed E-state index contributed by atoms with van der Waals surface area (Å²) in [7, 11) is 0. The SMILES string of the molecule is Cc1cc(C)c2c(c1)CC(C)(C)/C(=N/NC(=O)CC#N)C2=O. The lowest BCUT2D eigenvalue weighted by Gasteiger charge is -2.32. The molecule has 0 aromatic heterocycles. The van der Waals surface area contributed by atoms with Crippen molar-refractivity contribution in [1.82, 2.24) is 5.43 Å². The van der Waals surface area contributed by atoms with Crippen LogP contribution in [0.3, 0.4) is 0 Å². The zero-order valence-corrected chi connectivity index (χ0v) is 13.3. The maximum absolute atomic E-state index is 12.8. The summed E-state index contributed by atoms with van der Waals surface area (Å²) in [5.74, 6) is -0.661. The molecule has 0 bridgehead atoms. The zero-order chi connectivity index (χ0) is 16.5. The number of carbonyl (C=O) groups excluding carboxylic acids is 2. The van der Waals surface area contributed by atoms with Gasteiger partial charge in [-0.25, -0.2) is 5.43 Å². The topological polar surface area (TPSA) is 82.3 Å². The summed E-state index contributed by atoms with van der Waals surface area (Å²) in [6.07, 6.45) is 0.407. The molecule has 1 aromatic rings. The Balaban J connectivity index is 2.45. The third kappa shape index (κ3) is 2.91. The largest absolute Gasteiger partial charge is 0.287 e. The zero-order valence-electron chi connectivity index (χ0n) is 13.3. The van der Waals surface area contributed by atoms with Crippen molar-refractivity contribution < 1.29 is 9.59 Å². The van der Waals surface area contributed by atoms with E-state index in [1.54, 1.807) is 6.07 Å². The number of fused-ring (bicyclic) bond motifs is 1. The number of nitrogens with zero attached hydrogens (tertiary/aromatic N) is 2. The van der Waals surface area contributed by atoms with Crippen LogP contribution in [-0.2, 0) is 11.2 Å². The average molecular weight is 297 g/mol. The summed E-state index contributed by atoms with van der Waals surface area (Å²) in [5.41, 5.74) is 5.92. The second-order valence-corrected chi connectivity index (χ2v) is 6.34. The number of hydrazone groups is 1. The van der Waals surface area contributed by atoms with Crippen molar-refractivity contribution in [3.8, 4) is 6.07 Å². The van der Waals surface area contributed by atoms with Gasteiger partial charge in [0.15, 0.2) is 0 Å². The highest BCUT2D eigenvalue weighted by molar-refractivity contribution is 6.49. The fourth-order valence-corrected chi connectivity index (χ4v) is 2.94. The molecule has 0 heterocycles. The third-order valence-corrected chi connectivity index (χ3v) is 3.81.